The molecule has 0 saturated carbocycles. The fourth-order valence-electron chi connectivity index (χ4n) is 4.03. The first kappa shape index (κ1) is 22.2. The van der Waals surface area contributed by atoms with Gasteiger partial charge in [-0.2, -0.15) is 10.4 Å². The fourth-order valence-corrected chi connectivity index (χ4v) is 4.93. The maximum atomic E-state index is 9.00. The van der Waals surface area contributed by atoms with Crippen molar-refractivity contribution in [3.63, 3.8) is 0 Å². The smallest absolute Gasteiger partial charge is 0.237 e. The number of nitriles is 1. The zero-order chi connectivity index (χ0) is 23.3. The minimum Gasteiger partial charge on any atom is -0.469 e. The lowest BCUT2D eigenvalue weighted by Gasteiger charge is -2.34. The number of pyridine rings is 1. The number of benzene rings is 1. The number of aromatic nitrogens is 3. The Balaban J connectivity index is 1.29. The first-order chi connectivity index (χ1) is 16.7. The number of anilines is 1. The standard InChI is InChI=1S/C25H25N7OS/c1-32-16-20(13-31-32)19-10-21-25(30-12-19)33-22(14-29-21)24(23-15-27-8-9-34-23)28-7-6-17-2-4-18(11-26)5-3-17/h2-5,8,10,12-13,15-16,22,24,28-29H,6-7,9,14H2,1H3/t22-,24-/m1/s1. The summed E-state index contributed by atoms with van der Waals surface area (Å²) in [5, 5.41) is 20.4. The zero-order valence-electron chi connectivity index (χ0n) is 18.8. The highest BCUT2D eigenvalue weighted by Gasteiger charge is 2.31. The predicted octanol–water partition coefficient (Wildman–Crippen LogP) is 3.39. The van der Waals surface area contributed by atoms with E-state index in [4.69, 9.17) is 10.00 Å². The Labute approximate surface area is 202 Å². The largest absolute Gasteiger partial charge is 0.469 e. The number of hydrogen-bond donors (Lipinski definition) is 2. The van der Waals surface area contributed by atoms with E-state index in [0.29, 0.717) is 18.0 Å². The third-order valence-corrected chi connectivity index (χ3v) is 6.83. The molecule has 0 amide bonds. The van der Waals surface area contributed by atoms with E-state index in [2.05, 4.69) is 37.8 Å². The molecule has 4 heterocycles. The highest BCUT2D eigenvalue weighted by Crippen LogP contribution is 2.34. The van der Waals surface area contributed by atoms with Gasteiger partial charge in [0.2, 0.25) is 5.88 Å². The van der Waals surface area contributed by atoms with Crippen molar-refractivity contribution >= 4 is 23.7 Å². The molecular formula is C25H25N7OS. The average molecular weight is 472 g/mol. The molecule has 34 heavy (non-hydrogen) atoms. The SMILES string of the molecule is Cn1cc(-c2cnc3c(c2)NC[C@H]([C@@H](NCCc2ccc(C#N)cc2)C2=CN=CCS2)O3)cn1. The summed E-state index contributed by atoms with van der Waals surface area (Å²) < 4.78 is 8.16. The van der Waals surface area contributed by atoms with E-state index in [0.717, 1.165) is 40.4 Å². The van der Waals surface area contributed by atoms with Gasteiger partial charge in [0.1, 0.15) is 6.10 Å². The number of aryl methyl sites for hydroxylation is 1. The lowest BCUT2D eigenvalue weighted by molar-refractivity contribution is 0.167. The highest BCUT2D eigenvalue weighted by atomic mass is 32.2. The van der Waals surface area contributed by atoms with E-state index < -0.39 is 0 Å². The Morgan fingerprint density at radius 1 is 1.29 bits per heavy atom. The molecule has 3 aromatic rings. The minimum absolute atomic E-state index is 0.0127. The maximum absolute atomic E-state index is 9.00. The van der Waals surface area contributed by atoms with E-state index in [-0.39, 0.29) is 12.1 Å². The van der Waals surface area contributed by atoms with Crippen LogP contribution in [0.25, 0.3) is 11.1 Å². The lowest BCUT2D eigenvalue weighted by atomic mass is 10.1. The third-order valence-electron chi connectivity index (χ3n) is 5.82. The molecular weight excluding hydrogens is 446 g/mol. The molecule has 2 atom stereocenters. The van der Waals surface area contributed by atoms with Crippen molar-refractivity contribution in [1.82, 2.24) is 20.1 Å². The van der Waals surface area contributed by atoms with Gasteiger partial charge in [-0.25, -0.2) is 4.98 Å². The van der Waals surface area contributed by atoms with Crippen LogP contribution in [0.2, 0.25) is 0 Å². The molecule has 172 valence electrons. The monoisotopic (exact) mass is 471 g/mol. The molecule has 0 radical (unpaired) electrons. The molecule has 5 rings (SSSR count). The summed E-state index contributed by atoms with van der Waals surface area (Å²) in [4.78, 5) is 10.1. The second kappa shape index (κ2) is 10.1. The summed E-state index contributed by atoms with van der Waals surface area (Å²) in [5.74, 6) is 1.45. The number of rotatable bonds is 7. The molecule has 0 saturated heterocycles. The van der Waals surface area contributed by atoms with Gasteiger partial charge in [-0.15, -0.1) is 11.8 Å². The van der Waals surface area contributed by atoms with Crippen molar-refractivity contribution in [2.75, 3.05) is 24.2 Å². The number of ether oxygens (including phenoxy) is 1. The van der Waals surface area contributed by atoms with E-state index in [9.17, 15) is 0 Å². The summed E-state index contributed by atoms with van der Waals surface area (Å²) in [7, 11) is 1.90. The Hall–Kier alpha value is -3.61. The van der Waals surface area contributed by atoms with Crippen molar-refractivity contribution in [3.8, 4) is 23.1 Å². The molecule has 0 spiro atoms. The van der Waals surface area contributed by atoms with Crippen LogP contribution in [0.3, 0.4) is 0 Å². The Kier molecular flexibility index (Phi) is 6.60. The van der Waals surface area contributed by atoms with Crippen LogP contribution in [-0.4, -0.2) is 52.0 Å². The summed E-state index contributed by atoms with van der Waals surface area (Å²) in [6.45, 7) is 1.43. The Bertz CT molecular complexity index is 1260. The van der Waals surface area contributed by atoms with E-state index in [1.807, 2.05) is 62.3 Å². The van der Waals surface area contributed by atoms with Gasteiger partial charge >= 0.3 is 0 Å². The van der Waals surface area contributed by atoms with Crippen molar-refractivity contribution in [1.29, 1.82) is 5.26 Å². The van der Waals surface area contributed by atoms with Crippen molar-refractivity contribution in [2.24, 2.45) is 12.0 Å². The van der Waals surface area contributed by atoms with Gasteiger partial charge < -0.3 is 15.4 Å². The summed E-state index contributed by atoms with van der Waals surface area (Å²) in [6, 6.07) is 11.9. The van der Waals surface area contributed by atoms with Crippen LogP contribution < -0.4 is 15.4 Å². The third kappa shape index (κ3) is 4.98. The van der Waals surface area contributed by atoms with Crippen LogP contribution >= 0.6 is 11.8 Å². The first-order valence-corrected chi connectivity index (χ1v) is 12.1. The van der Waals surface area contributed by atoms with E-state index in [1.54, 1.807) is 16.4 Å². The maximum Gasteiger partial charge on any atom is 0.237 e. The first-order valence-electron chi connectivity index (χ1n) is 11.2. The summed E-state index contributed by atoms with van der Waals surface area (Å²) >= 11 is 1.78. The quantitative estimate of drug-likeness (QED) is 0.545. The predicted molar refractivity (Wildman–Crippen MR) is 135 cm³/mol. The molecule has 2 aromatic heterocycles. The van der Waals surface area contributed by atoms with Crippen LogP contribution in [0.15, 0.2) is 65.0 Å². The van der Waals surface area contributed by atoms with Gasteiger partial charge in [0.05, 0.1) is 36.1 Å². The second-order valence-electron chi connectivity index (χ2n) is 8.18. The molecule has 0 aliphatic carbocycles. The van der Waals surface area contributed by atoms with Gasteiger partial charge in [0.25, 0.3) is 0 Å². The Morgan fingerprint density at radius 2 is 2.18 bits per heavy atom. The van der Waals surface area contributed by atoms with Gasteiger partial charge in [-0.3, -0.25) is 9.67 Å². The number of hydrogen-bond acceptors (Lipinski definition) is 8. The molecule has 2 aliphatic rings. The number of nitrogens with one attached hydrogen (secondary N) is 2. The minimum atomic E-state index is -0.128. The van der Waals surface area contributed by atoms with Gasteiger partial charge in [-0.1, -0.05) is 12.1 Å². The second-order valence-corrected chi connectivity index (χ2v) is 9.27. The molecule has 1 aromatic carbocycles. The van der Waals surface area contributed by atoms with Crippen LogP contribution in [0.5, 0.6) is 5.88 Å². The van der Waals surface area contributed by atoms with Crippen LogP contribution in [0, 0.1) is 11.3 Å². The average Bonchev–Trinajstić information content (AvgIpc) is 3.33. The van der Waals surface area contributed by atoms with E-state index >= 15 is 0 Å². The molecule has 2 N–H and O–H groups in total. The van der Waals surface area contributed by atoms with Crippen molar-refractivity contribution in [2.45, 2.75) is 18.6 Å². The van der Waals surface area contributed by atoms with E-state index in [1.165, 1.54) is 5.56 Å². The lowest BCUT2D eigenvalue weighted by Crippen LogP contribution is -2.50. The topological polar surface area (TPSA) is 100 Å². The van der Waals surface area contributed by atoms with Crippen molar-refractivity contribution < 1.29 is 4.74 Å². The number of aliphatic imine (C=N–C) groups is 1. The molecule has 2 aliphatic heterocycles. The van der Waals surface area contributed by atoms with Crippen LogP contribution in [0.4, 0.5) is 5.69 Å². The Morgan fingerprint density at radius 3 is 2.91 bits per heavy atom. The zero-order valence-corrected chi connectivity index (χ0v) is 19.6. The van der Waals surface area contributed by atoms with Gasteiger partial charge in [0.15, 0.2) is 0 Å². The molecule has 9 heteroatoms. The van der Waals surface area contributed by atoms with Gasteiger partial charge in [-0.05, 0) is 36.7 Å². The molecule has 0 unspecified atom stereocenters. The number of thioether (sulfide) groups is 1. The molecule has 0 fully saturated rings. The number of fused-ring (bicyclic) bond motifs is 1. The van der Waals surface area contributed by atoms with Crippen LogP contribution in [-0.2, 0) is 13.5 Å². The normalized spacial score (nSPS) is 17.6. The summed E-state index contributed by atoms with van der Waals surface area (Å²) in [6.07, 6.45) is 10.2. The van der Waals surface area contributed by atoms with Crippen LogP contribution in [0.1, 0.15) is 11.1 Å². The molecule has 8 nitrogen and oxygen atoms in total. The van der Waals surface area contributed by atoms with Gasteiger partial charge in [0, 0.05) is 53.6 Å². The summed E-state index contributed by atoms with van der Waals surface area (Å²) in [5.41, 5.74) is 4.77. The highest BCUT2D eigenvalue weighted by molar-refractivity contribution is 8.03. The molecule has 0 bridgehead atoms. The van der Waals surface area contributed by atoms with Crippen molar-refractivity contribution in [3.05, 3.63) is 71.2 Å². The number of nitrogens with zero attached hydrogens (tertiary/aromatic N) is 5. The fraction of sp³-hybridized carbons (Fsp3) is 0.280.